The molecule has 6 heteroatoms. The molecular formula is C16H32ClNO4. The lowest BCUT2D eigenvalue weighted by Gasteiger charge is -2.31. The highest BCUT2D eigenvalue weighted by Gasteiger charge is 2.33. The van der Waals surface area contributed by atoms with Crippen LogP contribution in [0.3, 0.4) is 0 Å². The lowest BCUT2D eigenvalue weighted by Crippen LogP contribution is -2.39. The van der Waals surface area contributed by atoms with Gasteiger partial charge < -0.3 is 19.9 Å². The standard InChI is InChI=1S/C16H31NO4.ClH/c1-5-8-20-15-10-19-9-14(17)16(18)21-12(4)13(15)7-6-11(2)3;/h11-15H,5-10,17H2,1-4H3;1H/t12-,13-,14-,15-;/m0./s1. The Labute approximate surface area is 140 Å². The number of nitrogens with two attached hydrogens (primary N) is 1. The highest BCUT2D eigenvalue weighted by molar-refractivity contribution is 5.85. The fourth-order valence-corrected chi connectivity index (χ4v) is 2.55. The van der Waals surface area contributed by atoms with Crippen LogP contribution < -0.4 is 5.73 Å². The first-order valence-electron chi connectivity index (χ1n) is 8.11. The Morgan fingerprint density at radius 1 is 1.36 bits per heavy atom. The Morgan fingerprint density at radius 3 is 2.64 bits per heavy atom. The summed E-state index contributed by atoms with van der Waals surface area (Å²) in [6.07, 6.45) is 2.74. The lowest BCUT2D eigenvalue weighted by atomic mass is 9.89. The van der Waals surface area contributed by atoms with Gasteiger partial charge in [-0.25, -0.2) is 0 Å². The van der Waals surface area contributed by atoms with Gasteiger partial charge in [0, 0.05) is 12.5 Å². The van der Waals surface area contributed by atoms with Gasteiger partial charge >= 0.3 is 5.97 Å². The second kappa shape index (κ2) is 11.2. The topological polar surface area (TPSA) is 70.8 Å². The van der Waals surface area contributed by atoms with Gasteiger partial charge in [0.25, 0.3) is 0 Å². The molecule has 1 fully saturated rings. The monoisotopic (exact) mass is 337 g/mol. The van der Waals surface area contributed by atoms with Crippen LogP contribution in [0.15, 0.2) is 0 Å². The average Bonchev–Trinajstić information content (AvgIpc) is 2.46. The first kappa shape index (κ1) is 21.6. The Kier molecular flexibility index (Phi) is 11.0. The normalized spacial score (nSPS) is 30.0. The predicted octanol–water partition coefficient (Wildman–Crippen LogP) is 2.55. The van der Waals surface area contributed by atoms with Crippen molar-refractivity contribution in [2.24, 2.45) is 17.6 Å². The van der Waals surface area contributed by atoms with Crippen LogP contribution in [0.25, 0.3) is 0 Å². The highest BCUT2D eigenvalue weighted by Crippen LogP contribution is 2.25. The summed E-state index contributed by atoms with van der Waals surface area (Å²) in [5.41, 5.74) is 5.75. The maximum absolute atomic E-state index is 11.9. The minimum absolute atomic E-state index is 0. The van der Waals surface area contributed by atoms with Gasteiger partial charge in [-0.3, -0.25) is 4.79 Å². The molecule has 0 unspecified atom stereocenters. The number of hydrogen-bond donors (Lipinski definition) is 1. The molecule has 0 aromatic heterocycles. The molecule has 4 atom stereocenters. The van der Waals surface area contributed by atoms with E-state index in [0.717, 1.165) is 19.3 Å². The molecule has 0 aliphatic carbocycles. The second-order valence-corrected chi connectivity index (χ2v) is 6.33. The van der Waals surface area contributed by atoms with E-state index in [9.17, 15) is 4.79 Å². The lowest BCUT2D eigenvalue weighted by molar-refractivity contribution is -0.154. The van der Waals surface area contributed by atoms with Crippen molar-refractivity contribution in [3.63, 3.8) is 0 Å². The summed E-state index contributed by atoms with van der Waals surface area (Å²) < 4.78 is 17.0. The number of cyclic esters (lactones) is 1. The summed E-state index contributed by atoms with van der Waals surface area (Å²) in [5, 5.41) is 0. The van der Waals surface area contributed by atoms with Gasteiger partial charge in [-0.05, 0) is 25.7 Å². The van der Waals surface area contributed by atoms with Crippen LogP contribution in [0.2, 0.25) is 0 Å². The predicted molar refractivity (Wildman–Crippen MR) is 89.2 cm³/mol. The van der Waals surface area contributed by atoms with Crippen molar-refractivity contribution in [2.75, 3.05) is 19.8 Å². The molecule has 0 aromatic rings. The molecule has 1 aliphatic heterocycles. The van der Waals surface area contributed by atoms with Crippen LogP contribution in [0.5, 0.6) is 0 Å². The molecule has 1 heterocycles. The number of esters is 1. The van der Waals surface area contributed by atoms with Crippen molar-refractivity contribution in [1.82, 2.24) is 0 Å². The van der Waals surface area contributed by atoms with Crippen molar-refractivity contribution in [2.45, 2.75) is 65.2 Å². The molecule has 0 aromatic carbocycles. The number of carbonyl (C=O) groups excluding carboxylic acids is 1. The van der Waals surface area contributed by atoms with E-state index in [1.54, 1.807) is 0 Å². The number of ether oxygens (including phenoxy) is 3. The summed E-state index contributed by atoms with van der Waals surface area (Å²) >= 11 is 0. The van der Waals surface area contributed by atoms with Gasteiger partial charge in [-0.2, -0.15) is 0 Å². The van der Waals surface area contributed by atoms with Crippen LogP contribution in [0.1, 0.15) is 47.0 Å². The number of carbonyl (C=O) groups is 1. The zero-order valence-electron chi connectivity index (χ0n) is 14.2. The second-order valence-electron chi connectivity index (χ2n) is 6.33. The average molecular weight is 338 g/mol. The summed E-state index contributed by atoms with van der Waals surface area (Å²) in [5.74, 6) is 0.372. The highest BCUT2D eigenvalue weighted by atomic mass is 35.5. The van der Waals surface area contributed by atoms with Crippen molar-refractivity contribution in [1.29, 1.82) is 0 Å². The first-order valence-corrected chi connectivity index (χ1v) is 8.11. The van der Waals surface area contributed by atoms with E-state index in [0.29, 0.717) is 19.1 Å². The Bertz CT molecular complexity index is 315. The SMILES string of the molecule is CCCO[C@H]1COC[C@H](N)C(=O)O[C@@H](C)[C@@H]1CCC(C)C.Cl. The van der Waals surface area contributed by atoms with E-state index in [1.807, 2.05) is 6.92 Å². The summed E-state index contributed by atoms with van der Waals surface area (Å²) in [6.45, 7) is 9.76. The molecule has 1 aliphatic rings. The molecule has 0 amide bonds. The largest absolute Gasteiger partial charge is 0.461 e. The van der Waals surface area contributed by atoms with Gasteiger partial charge in [-0.15, -0.1) is 12.4 Å². The van der Waals surface area contributed by atoms with Crippen LogP contribution in [0, 0.1) is 11.8 Å². The fourth-order valence-electron chi connectivity index (χ4n) is 2.55. The summed E-state index contributed by atoms with van der Waals surface area (Å²) in [7, 11) is 0. The molecular weight excluding hydrogens is 306 g/mol. The zero-order valence-corrected chi connectivity index (χ0v) is 15.1. The molecule has 0 bridgehead atoms. The third-order valence-electron chi connectivity index (χ3n) is 3.88. The quantitative estimate of drug-likeness (QED) is 0.754. The molecule has 5 nitrogen and oxygen atoms in total. The minimum Gasteiger partial charge on any atom is -0.461 e. The van der Waals surface area contributed by atoms with Crippen molar-refractivity contribution < 1.29 is 19.0 Å². The molecule has 0 saturated carbocycles. The maximum atomic E-state index is 11.9. The molecule has 0 spiro atoms. The van der Waals surface area contributed by atoms with Crippen LogP contribution in [-0.2, 0) is 19.0 Å². The number of halogens is 1. The molecule has 1 rings (SSSR count). The van der Waals surface area contributed by atoms with E-state index in [4.69, 9.17) is 19.9 Å². The Hall–Kier alpha value is -0.360. The van der Waals surface area contributed by atoms with Gasteiger partial charge in [-0.1, -0.05) is 27.2 Å². The molecule has 22 heavy (non-hydrogen) atoms. The zero-order chi connectivity index (χ0) is 15.8. The van der Waals surface area contributed by atoms with Crippen molar-refractivity contribution in [3.8, 4) is 0 Å². The maximum Gasteiger partial charge on any atom is 0.325 e. The first-order chi connectivity index (χ1) is 9.95. The molecule has 2 N–H and O–H groups in total. The van der Waals surface area contributed by atoms with Crippen LogP contribution >= 0.6 is 12.4 Å². The summed E-state index contributed by atoms with van der Waals surface area (Å²) in [4.78, 5) is 11.9. The molecule has 1 saturated heterocycles. The Balaban J connectivity index is 0.00000441. The van der Waals surface area contributed by atoms with Gasteiger partial charge in [0.2, 0.25) is 0 Å². The van der Waals surface area contributed by atoms with Crippen molar-refractivity contribution >= 4 is 18.4 Å². The number of rotatable bonds is 6. The van der Waals surface area contributed by atoms with E-state index >= 15 is 0 Å². The third kappa shape index (κ3) is 7.27. The van der Waals surface area contributed by atoms with Crippen LogP contribution in [0.4, 0.5) is 0 Å². The Morgan fingerprint density at radius 2 is 2.05 bits per heavy atom. The van der Waals surface area contributed by atoms with E-state index < -0.39 is 6.04 Å². The van der Waals surface area contributed by atoms with E-state index in [1.165, 1.54) is 0 Å². The number of hydrogen-bond acceptors (Lipinski definition) is 5. The van der Waals surface area contributed by atoms with Gasteiger partial charge in [0.1, 0.15) is 12.1 Å². The fraction of sp³-hybridized carbons (Fsp3) is 0.938. The smallest absolute Gasteiger partial charge is 0.325 e. The van der Waals surface area contributed by atoms with Gasteiger partial charge in [0.05, 0.1) is 19.3 Å². The van der Waals surface area contributed by atoms with Crippen molar-refractivity contribution in [3.05, 3.63) is 0 Å². The summed E-state index contributed by atoms with van der Waals surface area (Å²) in [6, 6.07) is -0.705. The van der Waals surface area contributed by atoms with Crippen LogP contribution in [-0.4, -0.2) is 44.0 Å². The minimum atomic E-state index is -0.705. The third-order valence-corrected chi connectivity index (χ3v) is 3.88. The van der Waals surface area contributed by atoms with Gasteiger partial charge in [0.15, 0.2) is 0 Å². The van der Waals surface area contributed by atoms with E-state index in [-0.39, 0.29) is 43.1 Å². The molecule has 132 valence electrons. The molecule has 0 radical (unpaired) electrons. The van der Waals surface area contributed by atoms with E-state index in [2.05, 4.69) is 20.8 Å².